The molecule has 1 aromatic carbocycles. The maximum Gasteiger partial charge on any atom is 0.296 e. The molecule has 1 aromatic rings. The summed E-state index contributed by atoms with van der Waals surface area (Å²) in [7, 11) is 0. The van der Waals surface area contributed by atoms with Gasteiger partial charge >= 0.3 is 0 Å². The van der Waals surface area contributed by atoms with Gasteiger partial charge < -0.3 is 10.1 Å². The van der Waals surface area contributed by atoms with E-state index in [1.54, 1.807) is 42.5 Å². The molecule has 1 amide bonds. The fourth-order valence-corrected chi connectivity index (χ4v) is 1.07. The number of nitro groups is 1. The lowest BCUT2D eigenvalue weighted by atomic mass is 10.3. The average Bonchev–Trinajstić information content (AvgIpc) is 2.40. The van der Waals surface area contributed by atoms with Crippen LogP contribution in [0.15, 0.2) is 55.6 Å². The van der Waals surface area contributed by atoms with Crippen molar-refractivity contribution in [1.82, 2.24) is 0 Å². The highest BCUT2D eigenvalue weighted by Crippen LogP contribution is 2.03. The van der Waals surface area contributed by atoms with E-state index in [0.29, 0.717) is 18.9 Å². The van der Waals surface area contributed by atoms with Gasteiger partial charge in [0.05, 0.1) is 13.2 Å². The lowest BCUT2D eigenvalue weighted by molar-refractivity contribution is -0.467. The fraction of sp³-hybridized carbons (Fsp3) is 0.214. The SMILES string of the molecule is C=CCOCC=C.O=C(C[N+](=O)[O-])Nc1ccccc1. The molecule has 0 aliphatic heterocycles. The zero-order valence-electron chi connectivity index (χ0n) is 11.2. The number of benzene rings is 1. The molecule has 6 nitrogen and oxygen atoms in total. The number of amides is 1. The van der Waals surface area contributed by atoms with Crippen LogP contribution in [0.1, 0.15) is 0 Å². The van der Waals surface area contributed by atoms with E-state index in [1.165, 1.54) is 0 Å². The third-order valence-electron chi connectivity index (χ3n) is 1.80. The smallest absolute Gasteiger partial charge is 0.296 e. The number of nitrogens with one attached hydrogen (secondary N) is 1. The largest absolute Gasteiger partial charge is 0.373 e. The predicted octanol–water partition coefficient (Wildman–Crippen LogP) is 2.28. The predicted molar refractivity (Wildman–Crippen MR) is 78.1 cm³/mol. The summed E-state index contributed by atoms with van der Waals surface area (Å²) in [5.41, 5.74) is 0.564. The van der Waals surface area contributed by atoms with Crippen LogP contribution < -0.4 is 5.32 Å². The molecule has 108 valence electrons. The van der Waals surface area contributed by atoms with E-state index in [-0.39, 0.29) is 0 Å². The van der Waals surface area contributed by atoms with Crippen molar-refractivity contribution >= 4 is 11.6 Å². The molecule has 0 aliphatic carbocycles. The molecule has 0 radical (unpaired) electrons. The first-order valence-electron chi connectivity index (χ1n) is 5.86. The van der Waals surface area contributed by atoms with E-state index < -0.39 is 17.4 Å². The van der Waals surface area contributed by atoms with Gasteiger partial charge in [-0.15, -0.1) is 13.2 Å². The van der Waals surface area contributed by atoms with Crippen molar-refractivity contribution < 1.29 is 14.5 Å². The Morgan fingerprint density at radius 3 is 2.25 bits per heavy atom. The standard InChI is InChI=1S/C8H8N2O3.C6H10O/c11-8(6-10(12)13)9-7-4-2-1-3-5-7;1-3-5-7-6-4-2/h1-5H,6H2,(H,9,11);3-4H,1-2,5-6H2. The molecule has 0 heterocycles. The monoisotopic (exact) mass is 278 g/mol. The molecule has 0 aliphatic rings. The number of anilines is 1. The third kappa shape index (κ3) is 10.7. The Kier molecular flexibility index (Phi) is 10.2. The second kappa shape index (κ2) is 11.6. The van der Waals surface area contributed by atoms with E-state index in [2.05, 4.69) is 18.5 Å². The van der Waals surface area contributed by atoms with Gasteiger partial charge in [0, 0.05) is 10.6 Å². The number of carbonyl (C=O) groups is 1. The topological polar surface area (TPSA) is 81.5 Å². The Morgan fingerprint density at radius 2 is 1.80 bits per heavy atom. The maximum atomic E-state index is 10.9. The van der Waals surface area contributed by atoms with Gasteiger partial charge in [0.1, 0.15) is 0 Å². The zero-order valence-corrected chi connectivity index (χ0v) is 11.2. The van der Waals surface area contributed by atoms with Gasteiger partial charge in [0.25, 0.3) is 12.5 Å². The Labute approximate surface area is 117 Å². The summed E-state index contributed by atoms with van der Waals surface area (Å²) in [5.74, 6) is -0.615. The van der Waals surface area contributed by atoms with Crippen molar-refractivity contribution in [3.05, 3.63) is 65.8 Å². The van der Waals surface area contributed by atoms with Gasteiger partial charge in [-0.2, -0.15) is 0 Å². The molecule has 0 saturated heterocycles. The Morgan fingerprint density at radius 1 is 1.25 bits per heavy atom. The van der Waals surface area contributed by atoms with Crippen LogP contribution in [0.2, 0.25) is 0 Å². The molecule has 0 bridgehead atoms. The fourth-order valence-electron chi connectivity index (χ4n) is 1.07. The molecular formula is C14H18N2O4. The Bertz CT molecular complexity index is 424. The summed E-state index contributed by atoms with van der Waals surface area (Å²) in [6.45, 7) is 7.48. The van der Waals surface area contributed by atoms with Crippen molar-refractivity contribution in [3.8, 4) is 0 Å². The van der Waals surface area contributed by atoms with Gasteiger partial charge in [-0.1, -0.05) is 30.4 Å². The van der Waals surface area contributed by atoms with Crippen molar-refractivity contribution in [2.75, 3.05) is 25.1 Å². The minimum absolute atomic E-state index is 0.564. The van der Waals surface area contributed by atoms with E-state index in [0.717, 1.165) is 0 Å². The lowest BCUT2D eigenvalue weighted by Gasteiger charge is -2.00. The molecule has 0 spiro atoms. The first kappa shape index (κ1) is 17.5. The summed E-state index contributed by atoms with van der Waals surface area (Å²) >= 11 is 0. The van der Waals surface area contributed by atoms with Gasteiger partial charge in [0.2, 0.25) is 0 Å². The number of rotatable bonds is 7. The van der Waals surface area contributed by atoms with Crippen molar-refractivity contribution in [1.29, 1.82) is 0 Å². The minimum Gasteiger partial charge on any atom is -0.373 e. The van der Waals surface area contributed by atoms with Crippen molar-refractivity contribution in [2.24, 2.45) is 0 Å². The first-order valence-corrected chi connectivity index (χ1v) is 5.86. The Hall–Kier alpha value is -2.47. The highest BCUT2D eigenvalue weighted by atomic mass is 16.6. The van der Waals surface area contributed by atoms with Crippen LogP contribution in [0.25, 0.3) is 0 Å². The molecule has 6 heteroatoms. The normalized spacial score (nSPS) is 8.80. The highest BCUT2D eigenvalue weighted by Gasteiger charge is 2.08. The maximum absolute atomic E-state index is 10.9. The van der Waals surface area contributed by atoms with Crippen LogP contribution in [-0.2, 0) is 9.53 Å². The molecule has 0 atom stereocenters. The summed E-state index contributed by atoms with van der Waals surface area (Å²) < 4.78 is 4.90. The zero-order chi connectivity index (χ0) is 15.2. The summed E-state index contributed by atoms with van der Waals surface area (Å²) in [4.78, 5) is 20.1. The average molecular weight is 278 g/mol. The van der Waals surface area contributed by atoms with E-state index in [4.69, 9.17) is 4.74 Å². The second-order valence-corrected chi connectivity index (χ2v) is 3.52. The van der Waals surface area contributed by atoms with Crippen molar-refractivity contribution in [2.45, 2.75) is 0 Å². The number of para-hydroxylation sites is 1. The quantitative estimate of drug-likeness (QED) is 0.359. The lowest BCUT2D eigenvalue weighted by Crippen LogP contribution is -2.21. The molecule has 0 aromatic heterocycles. The minimum atomic E-state index is -0.700. The number of hydrogen-bond acceptors (Lipinski definition) is 4. The second-order valence-electron chi connectivity index (χ2n) is 3.52. The van der Waals surface area contributed by atoms with Crippen LogP contribution in [0.4, 0.5) is 5.69 Å². The van der Waals surface area contributed by atoms with E-state index in [1.807, 2.05) is 0 Å². The summed E-state index contributed by atoms with van der Waals surface area (Å²) in [5, 5.41) is 12.3. The van der Waals surface area contributed by atoms with E-state index >= 15 is 0 Å². The third-order valence-corrected chi connectivity index (χ3v) is 1.80. The molecule has 20 heavy (non-hydrogen) atoms. The van der Waals surface area contributed by atoms with Gasteiger partial charge in [-0.05, 0) is 12.1 Å². The number of nitrogens with zero attached hydrogens (tertiary/aromatic N) is 1. The van der Waals surface area contributed by atoms with Crippen LogP contribution in [-0.4, -0.2) is 30.6 Å². The molecular weight excluding hydrogens is 260 g/mol. The van der Waals surface area contributed by atoms with Crippen LogP contribution in [0, 0.1) is 10.1 Å². The number of ether oxygens (including phenoxy) is 1. The van der Waals surface area contributed by atoms with Gasteiger partial charge in [-0.25, -0.2) is 0 Å². The summed E-state index contributed by atoms with van der Waals surface area (Å²) in [6.07, 6.45) is 3.42. The number of hydrogen-bond donors (Lipinski definition) is 1. The van der Waals surface area contributed by atoms with Crippen molar-refractivity contribution in [3.63, 3.8) is 0 Å². The highest BCUT2D eigenvalue weighted by molar-refractivity contribution is 5.91. The van der Waals surface area contributed by atoms with Crippen LogP contribution in [0.3, 0.4) is 0 Å². The van der Waals surface area contributed by atoms with Crippen LogP contribution >= 0.6 is 0 Å². The van der Waals surface area contributed by atoms with Gasteiger partial charge in [0.15, 0.2) is 0 Å². The molecule has 0 unspecified atom stereocenters. The molecule has 0 saturated carbocycles. The number of carbonyl (C=O) groups excluding carboxylic acids is 1. The Balaban J connectivity index is 0.000000441. The molecule has 1 rings (SSSR count). The van der Waals surface area contributed by atoms with E-state index in [9.17, 15) is 14.9 Å². The van der Waals surface area contributed by atoms with Gasteiger partial charge in [-0.3, -0.25) is 14.9 Å². The molecule has 1 N–H and O–H groups in total. The summed E-state index contributed by atoms with van der Waals surface area (Å²) in [6, 6.07) is 8.60. The van der Waals surface area contributed by atoms with Crippen LogP contribution in [0.5, 0.6) is 0 Å². The molecule has 0 fully saturated rings. The first-order chi connectivity index (χ1) is 9.60.